The van der Waals surface area contributed by atoms with Gasteiger partial charge in [-0.15, -0.1) is 15.0 Å². The van der Waals surface area contributed by atoms with Crippen molar-refractivity contribution in [1.29, 1.82) is 0 Å². The standard InChI is InChI=1S/C18H23N9O/c1-18(2,3)23-12-4-7-26(11-12)17-20-10-14(24-25-17)16-15(28)8-13(9-19-16)27-21-5-6-22-27/h5-6,8-10,12,23,28H,4,7,11H2,1-3H3. The van der Waals surface area contributed by atoms with Crippen LogP contribution in [0, 0.1) is 0 Å². The normalized spacial score (nSPS) is 17.2. The number of nitrogens with zero attached hydrogens (tertiary/aromatic N) is 8. The van der Waals surface area contributed by atoms with Crippen molar-refractivity contribution in [2.75, 3.05) is 18.0 Å². The summed E-state index contributed by atoms with van der Waals surface area (Å²) < 4.78 is 0. The number of pyridine rings is 1. The minimum absolute atomic E-state index is 0.0331. The first-order chi connectivity index (χ1) is 13.4. The van der Waals surface area contributed by atoms with Gasteiger partial charge < -0.3 is 15.3 Å². The number of anilines is 1. The van der Waals surface area contributed by atoms with E-state index in [9.17, 15) is 5.11 Å². The van der Waals surface area contributed by atoms with Crippen LogP contribution in [-0.2, 0) is 0 Å². The summed E-state index contributed by atoms with van der Waals surface area (Å²) in [6, 6.07) is 1.93. The fourth-order valence-electron chi connectivity index (χ4n) is 3.29. The highest BCUT2D eigenvalue weighted by atomic mass is 16.3. The van der Waals surface area contributed by atoms with E-state index >= 15 is 0 Å². The van der Waals surface area contributed by atoms with Gasteiger partial charge in [0.2, 0.25) is 5.95 Å². The number of aromatic hydroxyl groups is 1. The molecule has 1 unspecified atom stereocenters. The molecule has 2 N–H and O–H groups in total. The molecule has 0 saturated carbocycles. The third kappa shape index (κ3) is 3.91. The van der Waals surface area contributed by atoms with E-state index in [0.29, 0.717) is 29.1 Å². The molecule has 10 nitrogen and oxygen atoms in total. The quantitative estimate of drug-likeness (QED) is 0.687. The molecule has 3 aromatic rings. The molecule has 0 radical (unpaired) electrons. The smallest absolute Gasteiger partial charge is 0.245 e. The first kappa shape index (κ1) is 18.2. The second kappa shape index (κ2) is 7.12. The third-order valence-corrected chi connectivity index (χ3v) is 4.40. The van der Waals surface area contributed by atoms with Crippen LogP contribution in [0.2, 0.25) is 0 Å². The Labute approximate surface area is 162 Å². The maximum Gasteiger partial charge on any atom is 0.245 e. The lowest BCUT2D eigenvalue weighted by molar-refractivity contribution is 0.373. The number of nitrogens with one attached hydrogen (secondary N) is 1. The zero-order chi connectivity index (χ0) is 19.7. The minimum atomic E-state index is -0.0331. The first-order valence-corrected chi connectivity index (χ1v) is 9.17. The summed E-state index contributed by atoms with van der Waals surface area (Å²) in [5, 5.41) is 30.4. The Morgan fingerprint density at radius 2 is 1.89 bits per heavy atom. The maximum atomic E-state index is 10.3. The highest BCUT2D eigenvalue weighted by molar-refractivity contribution is 5.62. The van der Waals surface area contributed by atoms with Gasteiger partial charge in [0, 0.05) is 30.7 Å². The Morgan fingerprint density at radius 1 is 1.11 bits per heavy atom. The summed E-state index contributed by atoms with van der Waals surface area (Å²) in [5.74, 6) is 0.549. The summed E-state index contributed by atoms with van der Waals surface area (Å²) in [7, 11) is 0. The SMILES string of the molecule is CC(C)(C)NC1CCN(c2ncc(-c3ncc(-n4nccn4)cc3O)nn2)C1. The average molecular weight is 381 g/mol. The van der Waals surface area contributed by atoms with Gasteiger partial charge in [-0.3, -0.25) is 0 Å². The van der Waals surface area contributed by atoms with Crippen molar-refractivity contribution in [3.63, 3.8) is 0 Å². The van der Waals surface area contributed by atoms with E-state index < -0.39 is 0 Å². The molecular weight excluding hydrogens is 358 g/mol. The van der Waals surface area contributed by atoms with Crippen LogP contribution in [0.4, 0.5) is 5.95 Å². The summed E-state index contributed by atoms with van der Waals surface area (Å²) in [6.07, 6.45) is 7.29. The summed E-state index contributed by atoms with van der Waals surface area (Å²) in [4.78, 5) is 12.2. The third-order valence-electron chi connectivity index (χ3n) is 4.40. The van der Waals surface area contributed by atoms with Gasteiger partial charge in [0.25, 0.3) is 0 Å². The Hall–Kier alpha value is -3.14. The van der Waals surface area contributed by atoms with Crippen molar-refractivity contribution >= 4 is 5.95 Å². The van der Waals surface area contributed by atoms with Gasteiger partial charge in [-0.05, 0) is 27.2 Å². The van der Waals surface area contributed by atoms with Crippen molar-refractivity contribution in [1.82, 2.24) is 40.5 Å². The number of rotatable bonds is 4. The van der Waals surface area contributed by atoms with Gasteiger partial charge in [-0.1, -0.05) is 0 Å². The van der Waals surface area contributed by atoms with Gasteiger partial charge in [0.15, 0.2) is 0 Å². The van der Waals surface area contributed by atoms with Crippen LogP contribution in [0.15, 0.2) is 30.9 Å². The average Bonchev–Trinajstić information content (AvgIpc) is 3.32. The Balaban J connectivity index is 1.48. The van der Waals surface area contributed by atoms with E-state index in [1.165, 1.54) is 10.9 Å². The van der Waals surface area contributed by atoms with Gasteiger partial charge in [-0.25, -0.2) is 9.97 Å². The van der Waals surface area contributed by atoms with E-state index in [0.717, 1.165) is 19.5 Å². The molecule has 10 heteroatoms. The molecule has 3 aromatic heterocycles. The van der Waals surface area contributed by atoms with Gasteiger partial charge >= 0.3 is 0 Å². The molecule has 1 saturated heterocycles. The fourth-order valence-corrected chi connectivity index (χ4v) is 3.29. The highest BCUT2D eigenvalue weighted by Gasteiger charge is 2.27. The van der Waals surface area contributed by atoms with Gasteiger partial charge in [0.1, 0.15) is 22.8 Å². The highest BCUT2D eigenvalue weighted by Crippen LogP contribution is 2.27. The number of hydrogen-bond donors (Lipinski definition) is 2. The molecule has 146 valence electrons. The predicted molar refractivity (Wildman–Crippen MR) is 103 cm³/mol. The van der Waals surface area contributed by atoms with Crippen LogP contribution in [0.3, 0.4) is 0 Å². The number of hydrogen-bond acceptors (Lipinski definition) is 9. The van der Waals surface area contributed by atoms with E-state index in [1.54, 1.807) is 24.8 Å². The second-order valence-electron chi connectivity index (χ2n) is 7.85. The van der Waals surface area contributed by atoms with Crippen LogP contribution in [-0.4, -0.2) is 64.9 Å². The zero-order valence-electron chi connectivity index (χ0n) is 16.1. The Bertz CT molecular complexity index is 935. The molecule has 1 aliphatic heterocycles. The first-order valence-electron chi connectivity index (χ1n) is 9.17. The van der Waals surface area contributed by atoms with E-state index in [4.69, 9.17) is 0 Å². The molecular formula is C18H23N9O. The lowest BCUT2D eigenvalue weighted by Gasteiger charge is -2.25. The Morgan fingerprint density at radius 3 is 2.54 bits per heavy atom. The molecule has 0 spiro atoms. The van der Waals surface area contributed by atoms with Crippen LogP contribution in [0.1, 0.15) is 27.2 Å². The molecule has 0 amide bonds. The van der Waals surface area contributed by atoms with Crippen molar-refractivity contribution in [3.8, 4) is 22.8 Å². The summed E-state index contributed by atoms with van der Waals surface area (Å²) in [5.41, 5.74) is 1.35. The van der Waals surface area contributed by atoms with Crippen LogP contribution in [0.25, 0.3) is 17.1 Å². The molecule has 0 aromatic carbocycles. The van der Waals surface area contributed by atoms with Crippen LogP contribution < -0.4 is 10.2 Å². The molecule has 0 aliphatic carbocycles. The molecule has 4 rings (SSSR count). The zero-order valence-corrected chi connectivity index (χ0v) is 16.1. The second-order valence-corrected chi connectivity index (χ2v) is 7.85. The minimum Gasteiger partial charge on any atom is -0.506 e. The monoisotopic (exact) mass is 381 g/mol. The lowest BCUT2D eigenvalue weighted by atomic mass is 10.1. The van der Waals surface area contributed by atoms with E-state index in [2.05, 4.69) is 61.4 Å². The van der Waals surface area contributed by atoms with Crippen LogP contribution in [0.5, 0.6) is 5.75 Å². The molecule has 4 heterocycles. The van der Waals surface area contributed by atoms with E-state index in [1.807, 2.05) is 0 Å². The fraction of sp³-hybridized carbons (Fsp3) is 0.444. The molecule has 1 atom stereocenters. The van der Waals surface area contributed by atoms with Gasteiger partial charge in [-0.2, -0.15) is 10.2 Å². The summed E-state index contributed by atoms with van der Waals surface area (Å²) >= 11 is 0. The van der Waals surface area contributed by atoms with Crippen molar-refractivity contribution in [2.45, 2.75) is 38.8 Å². The van der Waals surface area contributed by atoms with Crippen molar-refractivity contribution in [3.05, 3.63) is 30.9 Å². The predicted octanol–water partition coefficient (Wildman–Crippen LogP) is 1.19. The molecule has 0 bridgehead atoms. The molecule has 28 heavy (non-hydrogen) atoms. The molecule has 1 fully saturated rings. The topological polar surface area (TPSA) is 118 Å². The molecule has 1 aliphatic rings. The largest absolute Gasteiger partial charge is 0.506 e. The van der Waals surface area contributed by atoms with Crippen molar-refractivity contribution < 1.29 is 5.11 Å². The van der Waals surface area contributed by atoms with Crippen LogP contribution >= 0.6 is 0 Å². The number of aromatic nitrogens is 7. The Kier molecular flexibility index (Phi) is 4.63. The summed E-state index contributed by atoms with van der Waals surface area (Å²) in [6.45, 7) is 8.21. The van der Waals surface area contributed by atoms with E-state index in [-0.39, 0.29) is 11.3 Å². The lowest BCUT2D eigenvalue weighted by Crippen LogP contribution is -2.45. The van der Waals surface area contributed by atoms with Crippen molar-refractivity contribution in [2.24, 2.45) is 0 Å². The maximum absolute atomic E-state index is 10.3. The van der Waals surface area contributed by atoms with Gasteiger partial charge in [0.05, 0.1) is 24.8 Å².